The van der Waals surface area contributed by atoms with Gasteiger partial charge >= 0.3 is 17.9 Å². The zero-order valence-corrected chi connectivity index (χ0v) is 53.2. The van der Waals surface area contributed by atoms with Gasteiger partial charge in [0.05, 0.1) is 0 Å². The first kappa shape index (κ1) is 77.3. The molecule has 0 radical (unpaired) electrons. The van der Waals surface area contributed by atoms with Gasteiger partial charge in [0.15, 0.2) is 6.10 Å². The van der Waals surface area contributed by atoms with Gasteiger partial charge < -0.3 is 14.2 Å². The molecule has 0 aromatic heterocycles. The number of carbonyl (C=O) groups excluding carboxylic acids is 3. The fraction of sp³-hybridized carbons (Fsp3) is 0.645. The van der Waals surface area contributed by atoms with Crippen LogP contribution in [0.25, 0.3) is 0 Å². The normalized spacial score (nSPS) is 13.1. The number of hydrogen-bond acceptors (Lipinski definition) is 6. The van der Waals surface area contributed by atoms with Crippen LogP contribution >= 0.6 is 0 Å². The number of allylic oxidation sites excluding steroid dienone is 24. The van der Waals surface area contributed by atoms with Gasteiger partial charge in [-0.3, -0.25) is 14.4 Å². The van der Waals surface area contributed by atoms with Crippen molar-refractivity contribution in [1.82, 2.24) is 0 Å². The Labute approximate surface area is 506 Å². The van der Waals surface area contributed by atoms with Crippen LogP contribution < -0.4 is 0 Å². The molecule has 0 aliphatic rings. The standard InChI is InChI=1S/C76H124O6/c1-4-7-10-13-16-19-22-25-27-29-31-32-33-34-35-36-37-38-39-40-41-42-43-44-46-47-49-51-54-57-60-63-66-69-75(78)81-72-73(71-80-74(77)68-65-62-59-56-53-24-21-18-15-12-9-6-3)82-76(79)70-67-64-61-58-55-52-50-48-45-30-28-26-23-20-17-14-11-8-5-2/h7,10,16-17,19-20,25-28,31-32,34-35,37-38,40-41,43-45,47-49,73H,4-6,8-9,11-15,18,21-24,29-30,33,36,39,42,46,50-72H2,1-3H3/b10-7-,19-16-,20-17-,27-25-,28-26-,32-31-,35-34-,38-37-,41-40-,44-43-,48-45-,49-47-. The summed E-state index contributed by atoms with van der Waals surface area (Å²) < 4.78 is 16.9. The molecule has 0 amide bonds. The minimum absolute atomic E-state index is 0.0915. The van der Waals surface area contributed by atoms with Crippen LogP contribution in [0, 0.1) is 0 Å². The quantitative estimate of drug-likeness (QED) is 0.0261. The number of esters is 3. The Hall–Kier alpha value is -4.71. The van der Waals surface area contributed by atoms with Gasteiger partial charge in [0.2, 0.25) is 0 Å². The number of hydrogen-bond donors (Lipinski definition) is 0. The lowest BCUT2D eigenvalue weighted by atomic mass is 10.0. The molecular formula is C76H124O6. The summed E-state index contributed by atoms with van der Waals surface area (Å²) in [5, 5.41) is 0. The highest BCUT2D eigenvalue weighted by Gasteiger charge is 2.19. The van der Waals surface area contributed by atoms with Crippen molar-refractivity contribution < 1.29 is 28.6 Å². The molecule has 6 heteroatoms. The maximum Gasteiger partial charge on any atom is 0.306 e. The highest BCUT2D eigenvalue weighted by Crippen LogP contribution is 2.15. The van der Waals surface area contributed by atoms with Gasteiger partial charge in [0.1, 0.15) is 13.2 Å². The predicted octanol–water partition coefficient (Wildman–Crippen LogP) is 23.5. The molecule has 0 aromatic carbocycles. The van der Waals surface area contributed by atoms with Gasteiger partial charge in [0.25, 0.3) is 0 Å². The van der Waals surface area contributed by atoms with Crippen molar-refractivity contribution in [2.24, 2.45) is 0 Å². The van der Waals surface area contributed by atoms with Crippen LogP contribution in [0.5, 0.6) is 0 Å². The molecule has 464 valence electrons. The number of unbranched alkanes of at least 4 members (excludes halogenated alkanes) is 25. The summed E-state index contributed by atoms with van der Waals surface area (Å²) in [5.74, 6) is -0.921. The highest BCUT2D eigenvalue weighted by molar-refractivity contribution is 5.71. The lowest BCUT2D eigenvalue weighted by Gasteiger charge is -2.18. The highest BCUT2D eigenvalue weighted by atomic mass is 16.6. The molecule has 0 spiro atoms. The second-order valence-corrected chi connectivity index (χ2v) is 22.0. The predicted molar refractivity (Wildman–Crippen MR) is 357 cm³/mol. The molecule has 6 nitrogen and oxygen atoms in total. The Morgan fingerprint density at radius 1 is 0.256 bits per heavy atom. The molecule has 0 saturated carbocycles. The van der Waals surface area contributed by atoms with Crippen LogP contribution in [0.4, 0.5) is 0 Å². The molecule has 1 unspecified atom stereocenters. The molecule has 0 aromatic rings. The minimum Gasteiger partial charge on any atom is -0.462 e. The zero-order valence-electron chi connectivity index (χ0n) is 53.2. The molecular weight excluding hydrogens is 1010 g/mol. The van der Waals surface area contributed by atoms with E-state index in [4.69, 9.17) is 14.2 Å². The van der Waals surface area contributed by atoms with Crippen molar-refractivity contribution in [3.8, 4) is 0 Å². The van der Waals surface area contributed by atoms with E-state index in [0.717, 1.165) is 161 Å². The maximum absolute atomic E-state index is 12.9. The zero-order chi connectivity index (χ0) is 59.2. The third-order valence-electron chi connectivity index (χ3n) is 14.1. The van der Waals surface area contributed by atoms with Crippen LogP contribution in [0.3, 0.4) is 0 Å². The van der Waals surface area contributed by atoms with E-state index < -0.39 is 6.10 Å². The second kappa shape index (κ2) is 68.8. The largest absolute Gasteiger partial charge is 0.462 e. The van der Waals surface area contributed by atoms with Crippen molar-refractivity contribution in [3.63, 3.8) is 0 Å². The molecule has 0 heterocycles. The van der Waals surface area contributed by atoms with Crippen molar-refractivity contribution in [1.29, 1.82) is 0 Å². The van der Waals surface area contributed by atoms with Gasteiger partial charge in [-0.25, -0.2) is 0 Å². The molecule has 1 atom stereocenters. The van der Waals surface area contributed by atoms with E-state index in [1.54, 1.807) is 0 Å². The molecule has 0 bridgehead atoms. The Balaban J connectivity index is 4.35. The Kier molecular flexibility index (Phi) is 64.8. The molecule has 0 saturated heterocycles. The summed E-state index contributed by atoms with van der Waals surface area (Å²) >= 11 is 0. The summed E-state index contributed by atoms with van der Waals surface area (Å²) in [6, 6.07) is 0. The van der Waals surface area contributed by atoms with Gasteiger partial charge in [0, 0.05) is 19.3 Å². The van der Waals surface area contributed by atoms with E-state index in [9.17, 15) is 14.4 Å². The topological polar surface area (TPSA) is 78.9 Å². The average molecular weight is 1130 g/mol. The van der Waals surface area contributed by atoms with Crippen LogP contribution in [0.1, 0.15) is 297 Å². The van der Waals surface area contributed by atoms with E-state index in [-0.39, 0.29) is 31.1 Å². The maximum atomic E-state index is 12.9. The molecule has 0 fully saturated rings. The van der Waals surface area contributed by atoms with Crippen molar-refractivity contribution >= 4 is 17.9 Å². The fourth-order valence-corrected chi connectivity index (χ4v) is 9.03. The summed E-state index contributed by atoms with van der Waals surface area (Å²) in [6.45, 7) is 6.48. The van der Waals surface area contributed by atoms with Crippen LogP contribution in [0.15, 0.2) is 146 Å². The second-order valence-electron chi connectivity index (χ2n) is 22.0. The van der Waals surface area contributed by atoms with Gasteiger partial charge in [-0.2, -0.15) is 0 Å². The average Bonchev–Trinajstić information content (AvgIpc) is 3.47. The molecule has 0 N–H and O–H groups in total. The first-order valence-corrected chi connectivity index (χ1v) is 33.8. The number of rotatable bonds is 60. The fourth-order valence-electron chi connectivity index (χ4n) is 9.03. The van der Waals surface area contributed by atoms with Gasteiger partial charge in [-0.05, 0) is 128 Å². The first-order valence-electron chi connectivity index (χ1n) is 33.8. The lowest BCUT2D eigenvalue weighted by molar-refractivity contribution is -0.167. The third kappa shape index (κ3) is 66.1. The van der Waals surface area contributed by atoms with Gasteiger partial charge in [-0.15, -0.1) is 0 Å². The van der Waals surface area contributed by atoms with E-state index >= 15 is 0 Å². The molecule has 0 aliphatic heterocycles. The molecule has 0 aliphatic carbocycles. The van der Waals surface area contributed by atoms with E-state index in [1.165, 1.54) is 96.3 Å². The van der Waals surface area contributed by atoms with Crippen LogP contribution in [-0.4, -0.2) is 37.2 Å². The van der Waals surface area contributed by atoms with Crippen LogP contribution in [0.2, 0.25) is 0 Å². The van der Waals surface area contributed by atoms with Crippen molar-refractivity contribution in [3.05, 3.63) is 146 Å². The van der Waals surface area contributed by atoms with Crippen molar-refractivity contribution in [2.45, 2.75) is 303 Å². The number of ether oxygens (including phenoxy) is 3. The Morgan fingerprint density at radius 2 is 0.476 bits per heavy atom. The number of carbonyl (C=O) groups is 3. The summed E-state index contributed by atoms with van der Waals surface area (Å²) in [6.07, 6.45) is 98.5. The third-order valence-corrected chi connectivity index (χ3v) is 14.1. The van der Waals surface area contributed by atoms with Crippen molar-refractivity contribution in [2.75, 3.05) is 13.2 Å². The summed E-state index contributed by atoms with van der Waals surface area (Å²) in [7, 11) is 0. The van der Waals surface area contributed by atoms with Gasteiger partial charge in [-0.1, -0.05) is 295 Å². The van der Waals surface area contributed by atoms with E-state index in [0.29, 0.717) is 19.3 Å². The smallest absolute Gasteiger partial charge is 0.306 e. The Bertz CT molecular complexity index is 1780. The first-order chi connectivity index (χ1) is 40.5. The summed E-state index contributed by atoms with van der Waals surface area (Å²) in [5.41, 5.74) is 0. The Morgan fingerprint density at radius 3 is 0.768 bits per heavy atom. The minimum atomic E-state index is -0.798. The lowest BCUT2D eigenvalue weighted by Crippen LogP contribution is -2.30. The molecule has 82 heavy (non-hydrogen) atoms. The van der Waals surface area contributed by atoms with E-state index in [2.05, 4.69) is 167 Å². The van der Waals surface area contributed by atoms with E-state index in [1.807, 2.05) is 0 Å². The molecule has 0 rings (SSSR count). The summed E-state index contributed by atoms with van der Waals surface area (Å²) in [4.78, 5) is 38.3. The monoisotopic (exact) mass is 1130 g/mol. The SMILES string of the molecule is CC/C=C\C/C=C\C/C=C\C/C=C\C/C=C\C/C=C\C/C=C\C/C=C\C/C=C\CCCCCCCC(=O)OCC(COC(=O)CCCCCCCCCCCCCC)OC(=O)CCCCCCCC/C=C\C/C=C\C/C=C\CCCCC. The van der Waals surface area contributed by atoms with Crippen LogP contribution in [-0.2, 0) is 28.6 Å².